The number of hydrogen-bond donors (Lipinski definition) is 1. The van der Waals surface area contributed by atoms with E-state index >= 15 is 0 Å². The van der Waals surface area contributed by atoms with Crippen LogP contribution in [0.1, 0.15) is 24.5 Å². The molecule has 1 aromatic heterocycles. The van der Waals surface area contributed by atoms with E-state index in [4.69, 9.17) is 10.2 Å². The molecule has 1 aromatic rings. The second-order valence-electron chi connectivity index (χ2n) is 2.34. The van der Waals surface area contributed by atoms with Gasteiger partial charge in [-0.1, -0.05) is 0 Å². The van der Waals surface area contributed by atoms with Crippen LogP contribution in [0.2, 0.25) is 0 Å². The maximum atomic E-state index is 5.58. The molecule has 2 nitrogen and oxygen atoms in total. The normalized spacial score (nSPS) is 13.6. The summed E-state index contributed by atoms with van der Waals surface area (Å²) in [5.74, 6) is 1.71. The molecule has 1 heterocycles. The van der Waals surface area contributed by atoms with Gasteiger partial charge in [0.15, 0.2) is 0 Å². The van der Waals surface area contributed by atoms with Gasteiger partial charge in [0.2, 0.25) is 0 Å². The smallest absolute Gasteiger partial charge is 0.121 e. The van der Waals surface area contributed by atoms with E-state index in [1.165, 1.54) is 0 Å². The maximum Gasteiger partial charge on any atom is 0.121 e. The monoisotopic (exact) mass is 203 g/mol. The number of halogens is 1. The number of hydrogen-bond acceptors (Lipinski definition) is 2. The molecule has 0 saturated heterocycles. The summed E-state index contributed by atoms with van der Waals surface area (Å²) in [4.78, 5) is 0. The lowest BCUT2D eigenvalue weighted by Gasteiger charge is -1.96. The van der Waals surface area contributed by atoms with Crippen LogP contribution in [-0.4, -0.2) is 0 Å². The molecule has 0 aliphatic carbocycles. The molecule has 10 heavy (non-hydrogen) atoms. The number of furan rings is 1. The van der Waals surface area contributed by atoms with Gasteiger partial charge in [-0.25, -0.2) is 0 Å². The first-order valence-electron chi connectivity index (χ1n) is 3.12. The predicted molar refractivity (Wildman–Crippen MR) is 43.7 cm³/mol. The van der Waals surface area contributed by atoms with Crippen LogP contribution in [0.5, 0.6) is 0 Å². The minimum absolute atomic E-state index is 0.0231. The van der Waals surface area contributed by atoms with E-state index in [2.05, 4.69) is 15.9 Å². The van der Waals surface area contributed by atoms with E-state index in [9.17, 15) is 0 Å². The van der Waals surface area contributed by atoms with E-state index in [0.29, 0.717) is 0 Å². The summed E-state index contributed by atoms with van der Waals surface area (Å²) in [5.41, 5.74) is 5.58. The summed E-state index contributed by atoms with van der Waals surface area (Å²) < 4.78 is 6.29. The first kappa shape index (κ1) is 7.82. The Kier molecular flexibility index (Phi) is 2.16. The molecule has 0 aliphatic rings. The van der Waals surface area contributed by atoms with Crippen LogP contribution in [-0.2, 0) is 0 Å². The van der Waals surface area contributed by atoms with Crippen LogP contribution in [0.3, 0.4) is 0 Å². The molecular weight excluding hydrogens is 194 g/mol. The van der Waals surface area contributed by atoms with Crippen molar-refractivity contribution in [2.45, 2.75) is 19.9 Å². The summed E-state index contributed by atoms with van der Waals surface area (Å²) in [7, 11) is 0. The predicted octanol–water partition coefficient (Wildman–Crippen LogP) is 2.37. The fourth-order valence-electron chi connectivity index (χ4n) is 0.706. The maximum absolute atomic E-state index is 5.58. The van der Waals surface area contributed by atoms with Gasteiger partial charge in [0.05, 0.1) is 10.5 Å². The van der Waals surface area contributed by atoms with Crippen molar-refractivity contribution in [2.24, 2.45) is 5.73 Å². The van der Waals surface area contributed by atoms with E-state index in [0.717, 1.165) is 16.0 Å². The summed E-state index contributed by atoms with van der Waals surface area (Å²) in [5, 5.41) is 0. The molecule has 1 rings (SSSR count). The van der Waals surface area contributed by atoms with Crippen LogP contribution < -0.4 is 5.73 Å². The summed E-state index contributed by atoms with van der Waals surface area (Å²) >= 11 is 3.34. The highest BCUT2D eigenvalue weighted by Crippen LogP contribution is 2.23. The van der Waals surface area contributed by atoms with Gasteiger partial charge in [-0.3, -0.25) is 0 Å². The summed E-state index contributed by atoms with van der Waals surface area (Å²) in [6.07, 6.45) is 0. The van der Waals surface area contributed by atoms with Crippen LogP contribution >= 0.6 is 15.9 Å². The number of nitrogens with two attached hydrogens (primary N) is 1. The molecule has 1 atom stereocenters. The second kappa shape index (κ2) is 2.76. The molecule has 0 aliphatic heterocycles. The van der Waals surface area contributed by atoms with Crippen molar-refractivity contribution in [3.05, 3.63) is 22.1 Å². The van der Waals surface area contributed by atoms with Crippen molar-refractivity contribution in [2.75, 3.05) is 0 Å². The van der Waals surface area contributed by atoms with Crippen molar-refractivity contribution < 1.29 is 4.42 Å². The van der Waals surface area contributed by atoms with Gasteiger partial charge in [-0.05, 0) is 35.8 Å². The molecule has 0 saturated carbocycles. The first-order valence-corrected chi connectivity index (χ1v) is 3.92. The fourth-order valence-corrected chi connectivity index (χ4v) is 1.01. The molecule has 0 spiro atoms. The van der Waals surface area contributed by atoms with E-state index < -0.39 is 0 Å². The van der Waals surface area contributed by atoms with Crippen LogP contribution in [0, 0.1) is 6.92 Å². The Hall–Kier alpha value is -0.280. The molecule has 2 N–H and O–H groups in total. The Balaban J connectivity index is 2.98. The minimum Gasteiger partial charge on any atom is -0.464 e. The zero-order valence-electron chi connectivity index (χ0n) is 6.02. The van der Waals surface area contributed by atoms with Crippen LogP contribution in [0.15, 0.2) is 15.0 Å². The highest BCUT2D eigenvalue weighted by molar-refractivity contribution is 9.10. The highest BCUT2D eigenvalue weighted by Gasteiger charge is 2.07. The van der Waals surface area contributed by atoms with Crippen molar-refractivity contribution in [1.82, 2.24) is 0 Å². The summed E-state index contributed by atoms with van der Waals surface area (Å²) in [6.45, 7) is 3.79. The van der Waals surface area contributed by atoms with Gasteiger partial charge < -0.3 is 10.2 Å². The van der Waals surface area contributed by atoms with Crippen molar-refractivity contribution in [1.29, 1.82) is 0 Å². The van der Waals surface area contributed by atoms with Gasteiger partial charge in [-0.15, -0.1) is 0 Å². The van der Waals surface area contributed by atoms with Gasteiger partial charge >= 0.3 is 0 Å². The molecule has 3 heteroatoms. The molecular formula is C7H10BrNO. The number of rotatable bonds is 1. The zero-order valence-corrected chi connectivity index (χ0v) is 7.60. The third-order valence-corrected chi connectivity index (χ3v) is 2.11. The molecule has 0 amide bonds. The average Bonchev–Trinajstić information content (AvgIpc) is 2.13. The molecule has 0 unspecified atom stereocenters. The lowest BCUT2D eigenvalue weighted by molar-refractivity contribution is 0.456. The molecule has 56 valence electrons. The second-order valence-corrected chi connectivity index (χ2v) is 3.20. The lowest BCUT2D eigenvalue weighted by Crippen LogP contribution is -2.02. The Morgan fingerprint density at radius 2 is 2.30 bits per heavy atom. The molecule has 0 bridgehead atoms. The van der Waals surface area contributed by atoms with E-state index in [1.54, 1.807) is 0 Å². The van der Waals surface area contributed by atoms with Gasteiger partial charge in [0.25, 0.3) is 0 Å². The van der Waals surface area contributed by atoms with Crippen molar-refractivity contribution >= 4 is 15.9 Å². The zero-order chi connectivity index (χ0) is 7.72. The SMILES string of the molecule is Cc1oc([C@@H](C)N)cc1Br. The quantitative estimate of drug-likeness (QED) is 0.762. The summed E-state index contributed by atoms with van der Waals surface area (Å²) in [6, 6.07) is 1.88. The Labute approximate surface area is 68.5 Å². The van der Waals surface area contributed by atoms with Crippen LogP contribution in [0.4, 0.5) is 0 Å². The third kappa shape index (κ3) is 1.41. The van der Waals surface area contributed by atoms with Gasteiger partial charge in [0, 0.05) is 0 Å². The Morgan fingerprint density at radius 1 is 1.70 bits per heavy atom. The Morgan fingerprint density at radius 3 is 2.50 bits per heavy atom. The average molecular weight is 204 g/mol. The standard InChI is InChI=1S/C7H10BrNO/c1-4(9)7-3-6(8)5(2)10-7/h3-4H,9H2,1-2H3/t4-/m1/s1. The van der Waals surface area contributed by atoms with Crippen LogP contribution in [0.25, 0.3) is 0 Å². The topological polar surface area (TPSA) is 39.2 Å². The largest absolute Gasteiger partial charge is 0.464 e. The first-order chi connectivity index (χ1) is 4.61. The molecule has 0 fully saturated rings. The third-order valence-electron chi connectivity index (χ3n) is 1.33. The molecule has 0 aromatic carbocycles. The number of aryl methyl sites for hydroxylation is 1. The fraction of sp³-hybridized carbons (Fsp3) is 0.429. The highest BCUT2D eigenvalue weighted by atomic mass is 79.9. The van der Waals surface area contributed by atoms with E-state index in [-0.39, 0.29) is 6.04 Å². The van der Waals surface area contributed by atoms with Gasteiger partial charge in [0.1, 0.15) is 11.5 Å². The van der Waals surface area contributed by atoms with Crippen molar-refractivity contribution in [3.8, 4) is 0 Å². The molecule has 0 radical (unpaired) electrons. The Bertz CT molecular complexity index is 210. The van der Waals surface area contributed by atoms with Gasteiger partial charge in [-0.2, -0.15) is 0 Å². The minimum atomic E-state index is -0.0231. The lowest BCUT2D eigenvalue weighted by atomic mass is 10.3. The van der Waals surface area contributed by atoms with E-state index in [1.807, 2.05) is 19.9 Å². The van der Waals surface area contributed by atoms with Crippen molar-refractivity contribution in [3.63, 3.8) is 0 Å².